The van der Waals surface area contributed by atoms with E-state index in [0.29, 0.717) is 4.60 Å². The molecule has 1 rings (SSSR count). The van der Waals surface area contributed by atoms with Crippen molar-refractivity contribution in [1.82, 2.24) is 9.78 Å². The second kappa shape index (κ2) is 2.72. The van der Waals surface area contributed by atoms with Crippen LogP contribution in [-0.2, 0) is 7.05 Å². The molecule has 0 spiro atoms. The molecular weight excluding hydrogens is 219 g/mol. The fourth-order valence-corrected chi connectivity index (χ4v) is 1.36. The highest BCUT2D eigenvalue weighted by molar-refractivity contribution is 9.10. The molecule has 10 heavy (non-hydrogen) atoms. The molecule has 5 heteroatoms. The first-order valence-corrected chi connectivity index (χ1v) is 3.67. The van der Waals surface area contributed by atoms with Gasteiger partial charge in [0, 0.05) is 7.05 Å². The summed E-state index contributed by atoms with van der Waals surface area (Å²) in [4.78, 5) is 10.9. The van der Waals surface area contributed by atoms with Crippen LogP contribution in [0.25, 0.3) is 0 Å². The van der Waals surface area contributed by atoms with Crippen molar-refractivity contribution in [1.29, 1.82) is 0 Å². The molecule has 1 heterocycles. The summed E-state index contributed by atoms with van der Waals surface area (Å²) in [5.74, 6) is 0. The number of hydrogen-bond donors (Lipinski definition) is 0. The van der Waals surface area contributed by atoms with Crippen LogP contribution in [0, 0.1) is 0 Å². The van der Waals surface area contributed by atoms with Crippen molar-refractivity contribution in [2.45, 2.75) is 0 Å². The van der Waals surface area contributed by atoms with E-state index >= 15 is 0 Å². The second-order valence-electron chi connectivity index (χ2n) is 1.74. The van der Waals surface area contributed by atoms with Crippen LogP contribution in [-0.4, -0.2) is 9.78 Å². The molecule has 0 aliphatic heterocycles. The number of aryl methyl sites for hydroxylation is 1. The Labute approximate surface area is 70.7 Å². The highest BCUT2D eigenvalue weighted by Gasteiger charge is 1.99. The van der Waals surface area contributed by atoms with Crippen LogP contribution in [0.2, 0.25) is 5.02 Å². The average Bonchev–Trinajstić information content (AvgIpc) is 1.82. The molecule has 54 valence electrons. The minimum Gasteiger partial charge on any atom is -0.266 e. The van der Waals surface area contributed by atoms with E-state index < -0.39 is 0 Å². The molecule has 0 atom stereocenters. The van der Waals surface area contributed by atoms with E-state index in [-0.39, 0.29) is 10.6 Å². The van der Waals surface area contributed by atoms with Gasteiger partial charge in [-0.2, -0.15) is 5.10 Å². The van der Waals surface area contributed by atoms with Crippen LogP contribution >= 0.6 is 27.5 Å². The normalized spacial score (nSPS) is 9.90. The summed E-state index contributed by atoms with van der Waals surface area (Å²) < 4.78 is 1.73. The number of rotatable bonds is 0. The number of nitrogens with zero attached hydrogens (tertiary/aromatic N) is 2. The minimum absolute atomic E-state index is 0.171. The molecule has 0 aromatic carbocycles. The third-order valence-corrected chi connectivity index (χ3v) is 1.65. The van der Waals surface area contributed by atoms with Crippen LogP contribution in [0.15, 0.2) is 15.5 Å². The summed E-state index contributed by atoms with van der Waals surface area (Å²) in [5.41, 5.74) is -0.287. The molecular formula is C5H4BrClN2O. The molecule has 0 radical (unpaired) electrons. The zero-order valence-corrected chi connectivity index (χ0v) is 7.48. The van der Waals surface area contributed by atoms with Crippen LogP contribution in [0.5, 0.6) is 0 Å². The molecule has 0 aliphatic carbocycles. The minimum atomic E-state index is -0.287. The smallest absolute Gasteiger partial charge is 0.266 e. The zero-order valence-electron chi connectivity index (χ0n) is 5.14. The van der Waals surface area contributed by atoms with Crippen LogP contribution in [0.1, 0.15) is 0 Å². The van der Waals surface area contributed by atoms with Gasteiger partial charge in [-0.25, -0.2) is 4.68 Å². The molecule has 0 unspecified atom stereocenters. The lowest BCUT2D eigenvalue weighted by molar-refractivity contribution is 0.697. The Balaban J connectivity index is 3.46. The highest BCUT2D eigenvalue weighted by atomic mass is 79.9. The molecule has 0 amide bonds. The van der Waals surface area contributed by atoms with Gasteiger partial charge in [0.2, 0.25) is 0 Å². The van der Waals surface area contributed by atoms with Gasteiger partial charge in [-0.15, -0.1) is 0 Å². The van der Waals surface area contributed by atoms with Gasteiger partial charge in [0.15, 0.2) is 0 Å². The van der Waals surface area contributed by atoms with E-state index in [0.717, 1.165) is 0 Å². The van der Waals surface area contributed by atoms with E-state index in [2.05, 4.69) is 21.0 Å². The van der Waals surface area contributed by atoms with E-state index in [1.807, 2.05) is 0 Å². The standard InChI is InChI=1S/C5H4BrClN2O/c1-9-5(10)3(7)2-4(6)8-9/h2H,1H3. The van der Waals surface area contributed by atoms with Gasteiger partial charge in [0.1, 0.15) is 9.63 Å². The molecule has 0 saturated heterocycles. The van der Waals surface area contributed by atoms with Gasteiger partial charge in [0.25, 0.3) is 5.56 Å². The Morgan fingerprint density at radius 1 is 1.80 bits per heavy atom. The monoisotopic (exact) mass is 222 g/mol. The zero-order chi connectivity index (χ0) is 7.72. The van der Waals surface area contributed by atoms with E-state index in [9.17, 15) is 4.79 Å². The molecule has 3 nitrogen and oxygen atoms in total. The molecule has 0 bridgehead atoms. The fourth-order valence-electron chi connectivity index (χ4n) is 0.538. The van der Waals surface area contributed by atoms with Crippen LogP contribution in [0.4, 0.5) is 0 Å². The van der Waals surface area contributed by atoms with E-state index in [4.69, 9.17) is 11.6 Å². The molecule has 0 fully saturated rings. The lowest BCUT2D eigenvalue weighted by Crippen LogP contribution is -2.19. The number of aromatic nitrogens is 2. The third kappa shape index (κ3) is 1.38. The SMILES string of the molecule is Cn1nc(Br)cc(Cl)c1=O. The summed E-state index contributed by atoms with van der Waals surface area (Å²) in [6.07, 6.45) is 0. The molecule has 1 aromatic heterocycles. The van der Waals surface area contributed by atoms with Crippen LogP contribution in [0.3, 0.4) is 0 Å². The van der Waals surface area contributed by atoms with Crippen molar-refractivity contribution in [3.05, 3.63) is 26.0 Å². The second-order valence-corrected chi connectivity index (χ2v) is 2.96. The van der Waals surface area contributed by atoms with Gasteiger partial charge in [-0.1, -0.05) is 11.6 Å². The summed E-state index contributed by atoms with van der Waals surface area (Å²) in [6.45, 7) is 0. The van der Waals surface area contributed by atoms with Gasteiger partial charge < -0.3 is 0 Å². The molecule has 1 aromatic rings. The Morgan fingerprint density at radius 3 is 2.90 bits per heavy atom. The van der Waals surface area contributed by atoms with Gasteiger partial charge >= 0.3 is 0 Å². The van der Waals surface area contributed by atoms with E-state index in [1.54, 1.807) is 7.05 Å². The Kier molecular flexibility index (Phi) is 2.11. The van der Waals surface area contributed by atoms with Crippen molar-refractivity contribution in [3.63, 3.8) is 0 Å². The number of hydrogen-bond acceptors (Lipinski definition) is 2. The highest BCUT2D eigenvalue weighted by Crippen LogP contribution is 2.07. The number of halogens is 2. The predicted octanol–water partition coefficient (Wildman–Crippen LogP) is 1.20. The van der Waals surface area contributed by atoms with Crippen LogP contribution < -0.4 is 5.56 Å². The lowest BCUT2D eigenvalue weighted by Gasteiger charge is -1.95. The Hall–Kier alpha value is -0.350. The van der Waals surface area contributed by atoms with E-state index in [1.165, 1.54) is 10.7 Å². The Bertz CT molecular complexity index is 283. The molecule has 0 aliphatic rings. The maximum absolute atomic E-state index is 10.9. The first-order valence-electron chi connectivity index (χ1n) is 2.50. The molecule has 0 N–H and O–H groups in total. The summed E-state index contributed by atoms with van der Waals surface area (Å²) >= 11 is 8.61. The predicted molar refractivity (Wildman–Crippen MR) is 42.2 cm³/mol. The quantitative estimate of drug-likeness (QED) is 0.662. The van der Waals surface area contributed by atoms with Crippen molar-refractivity contribution in [2.24, 2.45) is 7.05 Å². The largest absolute Gasteiger partial charge is 0.285 e. The summed E-state index contributed by atoms with van der Waals surface area (Å²) in [6, 6.07) is 1.46. The van der Waals surface area contributed by atoms with Gasteiger partial charge in [0.05, 0.1) is 0 Å². The van der Waals surface area contributed by atoms with Gasteiger partial charge in [-0.05, 0) is 22.0 Å². The first-order chi connectivity index (χ1) is 4.61. The third-order valence-electron chi connectivity index (χ3n) is 0.990. The van der Waals surface area contributed by atoms with Crippen molar-refractivity contribution >= 4 is 27.5 Å². The Morgan fingerprint density at radius 2 is 2.40 bits per heavy atom. The topological polar surface area (TPSA) is 34.9 Å². The lowest BCUT2D eigenvalue weighted by atomic mass is 10.6. The maximum atomic E-state index is 10.9. The average molecular weight is 223 g/mol. The summed E-state index contributed by atoms with van der Waals surface area (Å²) in [5, 5.41) is 3.94. The van der Waals surface area contributed by atoms with Crippen molar-refractivity contribution in [2.75, 3.05) is 0 Å². The first kappa shape index (κ1) is 7.75. The van der Waals surface area contributed by atoms with Gasteiger partial charge in [-0.3, -0.25) is 4.79 Å². The van der Waals surface area contributed by atoms with Crippen molar-refractivity contribution < 1.29 is 0 Å². The fraction of sp³-hybridized carbons (Fsp3) is 0.200. The molecule has 0 saturated carbocycles. The summed E-state index contributed by atoms with van der Waals surface area (Å²) in [7, 11) is 1.54. The maximum Gasteiger partial charge on any atom is 0.285 e. The van der Waals surface area contributed by atoms with Crippen molar-refractivity contribution in [3.8, 4) is 0 Å².